The standard InChI is InChI=1S/C19H31NO.C10H16.C5H10.C4H6.C2H6/c1-6-9-10-18(8-3)20-19(21-15(4)5)17-13-11-16(7-2)12-14-17;1-5-7-10(6-2)8-9(3)4;1-2-5-3-4-5;1-3-4-2;1-2/h6,8-10,15-17H,3,7,11-14H2,1-2,4-5H3;5,7-8H,1,6H2,2-4H3;5H,2-4H2,1H3;1H,4H2,2H3;1-2H3/b9-6-,18-10+,20-19?;10-7-;;;. The van der Waals surface area contributed by atoms with Gasteiger partial charge in [0.25, 0.3) is 0 Å². The van der Waals surface area contributed by atoms with Gasteiger partial charge in [-0.25, -0.2) is 4.99 Å². The lowest BCUT2D eigenvalue weighted by atomic mass is 9.80. The van der Waals surface area contributed by atoms with Crippen LogP contribution >= 0.6 is 0 Å². The van der Waals surface area contributed by atoms with E-state index in [2.05, 4.69) is 73.6 Å². The van der Waals surface area contributed by atoms with Crippen molar-refractivity contribution in [2.75, 3.05) is 0 Å². The zero-order valence-corrected chi connectivity index (χ0v) is 29.8. The first-order valence-corrected chi connectivity index (χ1v) is 16.8. The molecule has 2 nitrogen and oxygen atoms in total. The van der Waals surface area contributed by atoms with Gasteiger partial charge in [-0.3, -0.25) is 0 Å². The molecule has 0 heterocycles. The van der Waals surface area contributed by atoms with Gasteiger partial charge in [-0.1, -0.05) is 116 Å². The van der Waals surface area contributed by atoms with Gasteiger partial charge in [0.2, 0.25) is 0 Å². The van der Waals surface area contributed by atoms with Crippen LogP contribution in [0, 0.1) is 30.1 Å². The molecular formula is C40H69NO. The summed E-state index contributed by atoms with van der Waals surface area (Å²) >= 11 is 0. The number of rotatable bonds is 10. The van der Waals surface area contributed by atoms with Gasteiger partial charge in [0.1, 0.15) is 0 Å². The molecule has 0 atom stereocenters. The molecule has 2 fully saturated rings. The molecule has 2 heteroatoms. The van der Waals surface area contributed by atoms with E-state index in [1.807, 2.05) is 58.1 Å². The van der Waals surface area contributed by atoms with Crippen LogP contribution in [-0.2, 0) is 4.74 Å². The summed E-state index contributed by atoms with van der Waals surface area (Å²) in [5.74, 6) is 5.81. The molecule has 0 bridgehead atoms. The number of nitrogens with zero attached hydrogens (tertiary/aromatic N) is 1. The number of allylic oxidation sites excluding steroid dienone is 9. The Morgan fingerprint density at radius 2 is 1.43 bits per heavy atom. The summed E-state index contributed by atoms with van der Waals surface area (Å²) < 4.78 is 6.01. The molecule has 0 aromatic heterocycles. The molecule has 0 radical (unpaired) electrons. The lowest BCUT2D eigenvalue weighted by Gasteiger charge is -2.29. The topological polar surface area (TPSA) is 21.6 Å². The third-order valence-corrected chi connectivity index (χ3v) is 6.73. The van der Waals surface area contributed by atoms with Crippen LogP contribution in [0.25, 0.3) is 0 Å². The minimum absolute atomic E-state index is 0.167. The van der Waals surface area contributed by atoms with E-state index in [0.29, 0.717) is 5.92 Å². The molecular weight excluding hydrogens is 510 g/mol. The highest BCUT2D eigenvalue weighted by molar-refractivity contribution is 5.80. The summed E-state index contributed by atoms with van der Waals surface area (Å²) in [6, 6.07) is 0. The second-order valence-corrected chi connectivity index (χ2v) is 11.0. The van der Waals surface area contributed by atoms with Gasteiger partial charge in [0.05, 0.1) is 11.8 Å². The van der Waals surface area contributed by atoms with Gasteiger partial charge in [-0.15, -0.1) is 12.3 Å². The van der Waals surface area contributed by atoms with E-state index in [0.717, 1.165) is 36.3 Å². The third-order valence-electron chi connectivity index (χ3n) is 6.73. The van der Waals surface area contributed by atoms with Crippen molar-refractivity contribution in [3.8, 4) is 12.3 Å². The lowest BCUT2D eigenvalue weighted by Crippen LogP contribution is -2.26. The summed E-state index contributed by atoms with van der Waals surface area (Å²) in [5, 5.41) is 0. The molecule has 0 saturated heterocycles. The number of ether oxygens (including phenoxy) is 1. The Bertz CT molecular complexity index is 840. The molecule has 2 aliphatic rings. The minimum atomic E-state index is 0.167. The predicted molar refractivity (Wildman–Crippen MR) is 194 cm³/mol. The highest BCUT2D eigenvalue weighted by Gasteiger charge is 2.26. The fraction of sp³-hybridized carbons (Fsp3) is 0.625. The number of aliphatic imine (C=N–C) groups is 1. The van der Waals surface area contributed by atoms with Crippen LogP contribution in [0.2, 0.25) is 0 Å². The second-order valence-electron chi connectivity index (χ2n) is 11.0. The zero-order valence-electron chi connectivity index (χ0n) is 29.8. The van der Waals surface area contributed by atoms with Gasteiger partial charge in [-0.05, 0) is 96.3 Å². The largest absolute Gasteiger partial charge is 0.478 e. The fourth-order valence-electron chi connectivity index (χ4n) is 4.06. The summed E-state index contributed by atoms with van der Waals surface area (Å²) in [7, 11) is 0. The number of terminal acetylenes is 1. The Balaban J connectivity index is -0.000000593. The van der Waals surface area contributed by atoms with E-state index >= 15 is 0 Å². The number of hydrogen-bond donors (Lipinski definition) is 0. The molecule has 240 valence electrons. The van der Waals surface area contributed by atoms with Crippen molar-refractivity contribution < 1.29 is 4.74 Å². The van der Waals surface area contributed by atoms with E-state index in [1.165, 1.54) is 62.5 Å². The Kier molecular flexibility index (Phi) is 32.8. The van der Waals surface area contributed by atoms with Crippen LogP contribution in [0.4, 0.5) is 0 Å². The van der Waals surface area contributed by atoms with Crippen LogP contribution in [0.5, 0.6) is 0 Å². The molecule has 0 aromatic rings. The van der Waals surface area contributed by atoms with Crippen molar-refractivity contribution >= 4 is 5.90 Å². The molecule has 0 amide bonds. The van der Waals surface area contributed by atoms with Crippen LogP contribution in [0.3, 0.4) is 0 Å². The van der Waals surface area contributed by atoms with Crippen molar-refractivity contribution in [3.05, 3.63) is 72.5 Å². The third kappa shape index (κ3) is 27.6. The average Bonchev–Trinajstić information content (AvgIpc) is 3.85. The first-order chi connectivity index (χ1) is 20.1. The van der Waals surface area contributed by atoms with Crippen molar-refractivity contribution in [2.24, 2.45) is 22.7 Å². The molecule has 0 unspecified atom stereocenters. The number of hydrogen-bond acceptors (Lipinski definition) is 2. The zero-order chi connectivity index (χ0) is 32.8. The molecule has 2 rings (SSSR count). The second kappa shape index (κ2) is 31.4. The summed E-state index contributed by atoms with van der Waals surface area (Å²) in [6.45, 7) is 30.5. The smallest absolute Gasteiger partial charge is 0.191 e. The molecule has 0 N–H and O–H groups in total. The predicted octanol–water partition coefficient (Wildman–Crippen LogP) is 13.0. The van der Waals surface area contributed by atoms with Crippen LogP contribution in [-0.4, -0.2) is 12.0 Å². The van der Waals surface area contributed by atoms with Crippen molar-refractivity contribution in [2.45, 2.75) is 146 Å². The normalized spacial score (nSPS) is 18.3. The maximum Gasteiger partial charge on any atom is 0.191 e. The first kappa shape index (κ1) is 43.9. The first-order valence-electron chi connectivity index (χ1n) is 16.8. The minimum Gasteiger partial charge on any atom is -0.478 e. The quantitative estimate of drug-likeness (QED) is 0.109. The summed E-state index contributed by atoms with van der Waals surface area (Å²) in [5.41, 5.74) is 3.56. The molecule has 2 saturated carbocycles. The van der Waals surface area contributed by atoms with E-state index < -0.39 is 0 Å². The lowest BCUT2D eigenvalue weighted by molar-refractivity contribution is 0.192. The Morgan fingerprint density at radius 3 is 1.74 bits per heavy atom. The molecule has 42 heavy (non-hydrogen) atoms. The molecule has 2 aliphatic carbocycles. The molecule has 0 aromatic carbocycles. The van der Waals surface area contributed by atoms with E-state index in [9.17, 15) is 0 Å². The molecule has 0 aliphatic heterocycles. The Morgan fingerprint density at radius 1 is 0.929 bits per heavy atom. The highest BCUT2D eigenvalue weighted by Crippen LogP contribution is 2.32. The Hall–Kier alpha value is -2.53. The van der Waals surface area contributed by atoms with Gasteiger partial charge in [-0.2, -0.15) is 0 Å². The van der Waals surface area contributed by atoms with Crippen molar-refractivity contribution in [3.63, 3.8) is 0 Å². The average molecular weight is 580 g/mol. The van der Waals surface area contributed by atoms with E-state index in [-0.39, 0.29) is 6.10 Å². The van der Waals surface area contributed by atoms with Crippen molar-refractivity contribution in [1.29, 1.82) is 0 Å². The van der Waals surface area contributed by atoms with Crippen molar-refractivity contribution in [1.82, 2.24) is 0 Å². The fourth-order valence-corrected chi connectivity index (χ4v) is 4.06. The maximum absolute atomic E-state index is 6.01. The summed E-state index contributed by atoms with van der Waals surface area (Å²) in [6.07, 6.45) is 31.4. The van der Waals surface area contributed by atoms with Crippen LogP contribution in [0.15, 0.2) is 77.5 Å². The van der Waals surface area contributed by atoms with Gasteiger partial charge in [0.15, 0.2) is 5.90 Å². The van der Waals surface area contributed by atoms with Gasteiger partial charge in [0, 0.05) is 12.3 Å². The Labute approximate surface area is 264 Å². The highest BCUT2D eigenvalue weighted by atomic mass is 16.5. The molecule has 0 spiro atoms. The maximum atomic E-state index is 6.01. The monoisotopic (exact) mass is 580 g/mol. The van der Waals surface area contributed by atoms with Crippen LogP contribution < -0.4 is 0 Å². The van der Waals surface area contributed by atoms with Gasteiger partial charge >= 0.3 is 0 Å². The van der Waals surface area contributed by atoms with E-state index in [1.54, 1.807) is 6.08 Å². The SMILES string of the molecule is C#CCC.C=C/C(=C\C=C/C)N=C(OC(C)C)C1CCC(CC)CC1.C=C/C=C(\C=C(C)C)CC.CC.CCC1CC1. The van der Waals surface area contributed by atoms with Gasteiger partial charge < -0.3 is 4.74 Å². The van der Waals surface area contributed by atoms with Crippen LogP contribution in [0.1, 0.15) is 140 Å². The van der Waals surface area contributed by atoms with E-state index in [4.69, 9.17) is 16.2 Å². The summed E-state index contributed by atoms with van der Waals surface area (Å²) in [4.78, 5) is 4.73.